The average molecular weight is 534 g/mol. The summed E-state index contributed by atoms with van der Waals surface area (Å²) in [6, 6.07) is 10.8. The molecule has 0 aliphatic carbocycles. The van der Waals surface area contributed by atoms with Crippen molar-refractivity contribution in [3.63, 3.8) is 0 Å². The summed E-state index contributed by atoms with van der Waals surface area (Å²) in [5.41, 5.74) is 0.701. The van der Waals surface area contributed by atoms with E-state index in [4.69, 9.17) is 18.9 Å². The molecule has 174 valence electrons. The molecule has 1 aliphatic heterocycles. The Morgan fingerprint density at radius 2 is 1.85 bits per heavy atom. The standard InChI is InChI=1S/C24H24BrNO6S/c1-4-11-32-22-17(25)13-16(14-20(22)30-5-2)15-21-23(27)26(24(28)33-21)10-12-31-19-9-7-6-8-18(19)29-3/h4,6-9,13-15H,1,5,10-12H2,2-3H3/b21-15-. The Kier molecular flexibility index (Phi) is 8.85. The van der Waals surface area contributed by atoms with Crippen molar-refractivity contribution in [3.8, 4) is 23.0 Å². The molecule has 2 aromatic carbocycles. The molecule has 9 heteroatoms. The summed E-state index contributed by atoms with van der Waals surface area (Å²) in [5, 5.41) is -0.343. The second-order valence-electron chi connectivity index (χ2n) is 6.70. The summed E-state index contributed by atoms with van der Waals surface area (Å²) in [6.45, 7) is 6.58. The largest absolute Gasteiger partial charge is 0.493 e. The van der Waals surface area contributed by atoms with Crippen molar-refractivity contribution in [2.45, 2.75) is 6.92 Å². The van der Waals surface area contributed by atoms with E-state index in [9.17, 15) is 9.59 Å². The molecule has 33 heavy (non-hydrogen) atoms. The first-order valence-corrected chi connectivity index (χ1v) is 11.8. The molecule has 0 spiro atoms. The second-order valence-corrected chi connectivity index (χ2v) is 8.54. The van der Waals surface area contributed by atoms with Crippen LogP contribution in [0.4, 0.5) is 4.79 Å². The lowest BCUT2D eigenvalue weighted by Crippen LogP contribution is -2.32. The minimum absolute atomic E-state index is 0.127. The van der Waals surface area contributed by atoms with Crippen LogP contribution in [-0.2, 0) is 4.79 Å². The van der Waals surface area contributed by atoms with Crippen molar-refractivity contribution in [3.05, 3.63) is 64.0 Å². The molecule has 0 N–H and O–H groups in total. The zero-order valence-electron chi connectivity index (χ0n) is 18.3. The zero-order valence-corrected chi connectivity index (χ0v) is 20.7. The lowest BCUT2D eigenvalue weighted by molar-refractivity contribution is -0.123. The van der Waals surface area contributed by atoms with E-state index in [0.717, 1.165) is 11.8 Å². The number of para-hydroxylation sites is 2. The van der Waals surface area contributed by atoms with Gasteiger partial charge in [0.2, 0.25) is 0 Å². The topological polar surface area (TPSA) is 74.3 Å². The van der Waals surface area contributed by atoms with Crippen LogP contribution >= 0.6 is 27.7 Å². The average Bonchev–Trinajstić information content (AvgIpc) is 3.06. The molecule has 0 aromatic heterocycles. The maximum Gasteiger partial charge on any atom is 0.293 e. The minimum Gasteiger partial charge on any atom is -0.493 e. The highest BCUT2D eigenvalue weighted by Crippen LogP contribution is 2.39. The van der Waals surface area contributed by atoms with Crippen LogP contribution in [0.15, 0.2) is 58.4 Å². The van der Waals surface area contributed by atoms with Gasteiger partial charge in [-0.05, 0) is 70.5 Å². The Balaban J connectivity index is 1.72. The molecule has 1 heterocycles. The fraction of sp³-hybridized carbons (Fsp3) is 0.250. The Bertz CT molecular complexity index is 1070. The number of hydrogen-bond acceptors (Lipinski definition) is 7. The Morgan fingerprint density at radius 1 is 1.09 bits per heavy atom. The molecular weight excluding hydrogens is 510 g/mol. The van der Waals surface area contributed by atoms with E-state index in [0.29, 0.717) is 51.2 Å². The number of amides is 2. The van der Waals surface area contributed by atoms with Crippen LogP contribution in [0.3, 0.4) is 0 Å². The first kappa shape index (κ1) is 24.7. The Morgan fingerprint density at radius 3 is 2.55 bits per heavy atom. The highest BCUT2D eigenvalue weighted by atomic mass is 79.9. The number of hydrogen-bond donors (Lipinski definition) is 0. The summed E-state index contributed by atoms with van der Waals surface area (Å²) < 4.78 is 23.0. The Hall–Kier alpha value is -2.91. The molecule has 0 unspecified atom stereocenters. The maximum absolute atomic E-state index is 12.8. The van der Waals surface area contributed by atoms with Crippen LogP contribution in [0.5, 0.6) is 23.0 Å². The second kappa shape index (κ2) is 11.8. The van der Waals surface area contributed by atoms with Crippen molar-refractivity contribution in [2.75, 3.05) is 33.5 Å². The Labute approximate surface area is 205 Å². The highest BCUT2D eigenvalue weighted by molar-refractivity contribution is 9.10. The first-order chi connectivity index (χ1) is 16.0. The quantitative estimate of drug-likeness (QED) is 0.277. The molecule has 0 atom stereocenters. The van der Waals surface area contributed by atoms with Crippen LogP contribution in [0.25, 0.3) is 6.08 Å². The molecule has 0 saturated carbocycles. The molecular formula is C24H24BrNO6S. The van der Waals surface area contributed by atoms with Crippen molar-refractivity contribution >= 4 is 44.9 Å². The van der Waals surface area contributed by atoms with E-state index in [1.54, 1.807) is 43.5 Å². The van der Waals surface area contributed by atoms with E-state index in [1.807, 2.05) is 19.1 Å². The van der Waals surface area contributed by atoms with E-state index >= 15 is 0 Å². The molecule has 2 aromatic rings. The van der Waals surface area contributed by atoms with Crippen LogP contribution in [0, 0.1) is 0 Å². The van der Waals surface area contributed by atoms with Gasteiger partial charge in [-0.15, -0.1) is 0 Å². The van der Waals surface area contributed by atoms with Gasteiger partial charge in [0.1, 0.15) is 13.2 Å². The fourth-order valence-electron chi connectivity index (χ4n) is 3.05. The monoisotopic (exact) mass is 533 g/mol. The summed E-state index contributed by atoms with van der Waals surface area (Å²) in [4.78, 5) is 26.8. The number of carbonyl (C=O) groups is 2. The van der Waals surface area contributed by atoms with Crippen molar-refractivity contribution < 1.29 is 28.5 Å². The van der Waals surface area contributed by atoms with Gasteiger partial charge in [0.25, 0.3) is 11.1 Å². The summed E-state index contributed by atoms with van der Waals surface area (Å²) >= 11 is 4.38. The highest BCUT2D eigenvalue weighted by Gasteiger charge is 2.35. The van der Waals surface area contributed by atoms with Crippen LogP contribution in [0.2, 0.25) is 0 Å². The predicted molar refractivity (Wildman–Crippen MR) is 132 cm³/mol. The number of benzene rings is 2. The van der Waals surface area contributed by atoms with E-state index in [2.05, 4.69) is 22.5 Å². The van der Waals surface area contributed by atoms with Gasteiger partial charge in [0.05, 0.1) is 29.6 Å². The minimum atomic E-state index is -0.366. The summed E-state index contributed by atoms with van der Waals surface area (Å²) in [6.07, 6.45) is 3.31. The molecule has 1 fully saturated rings. The molecule has 3 rings (SSSR count). The van der Waals surface area contributed by atoms with Crippen LogP contribution in [-0.4, -0.2) is 49.5 Å². The van der Waals surface area contributed by atoms with Gasteiger partial charge in [0.15, 0.2) is 23.0 Å². The smallest absolute Gasteiger partial charge is 0.293 e. The summed E-state index contributed by atoms with van der Waals surface area (Å²) in [5.74, 6) is 1.85. The number of carbonyl (C=O) groups excluding carboxylic acids is 2. The number of thioether (sulfide) groups is 1. The van der Waals surface area contributed by atoms with E-state index < -0.39 is 0 Å². The van der Waals surface area contributed by atoms with E-state index in [1.165, 1.54) is 4.90 Å². The SMILES string of the molecule is C=CCOc1c(Br)cc(/C=C2\SC(=O)N(CCOc3ccccc3OC)C2=O)cc1OCC. The van der Waals surface area contributed by atoms with Gasteiger partial charge in [0, 0.05) is 0 Å². The molecule has 0 radical (unpaired) electrons. The third-order valence-corrected chi connectivity index (χ3v) is 5.99. The van der Waals surface area contributed by atoms with Gasteiger partial charge in [-0.1, -0.05) is 24.8 Å². The number of methoxy groups -OCH3 is 1. The number of halogens is 1. The molecule has 7 nitrogen and oxygen atoms in total. The van der Waals surface area contributed by atoms with Gasteiger partial charge < -0.3 is 18.9 Å². The summed E-state index contributed by atoms with van der Waals surface area (Å²) in [7, 11) is 1.55. The molecule has 2 amide bonds. The zero-order chi connectivity index (χ0) is 23.8. The number of nitrogens with zero attached hydrogens (tertiary/aromatic N) is 1. The van der Waals surface area contributed by atoms with Crippen molar-refractivity contribution in [1.29, 1.82) is 0 Å². The number of ether oxygens (including phenoxy) is 4. The normalized spacial score (nSPS) is 14.5. The number of imide groups is 1. The lowest BCUT2D eigenvalue weighted by atomic mass is 10.2. The van der Waals surface area contributed by atoms with Gasteiger partial charge >= 0.3 is 0 Å². The first-order valence-electron chi connectivity index (χ1n) is 10.2. The van der Waals surface area contributed by atoms with Gasteiger partial charge in [-0.3, -0.25) is 14.5 Å². The fourth-order valence-corrected chi connectivity index (χ4v) is 4.48. The number of rotatable bonds is 11. The maximum atomic E-state index is 12.8. The van der Waals surface area contributed by atoms with Gasteiger partial charge in [-0.2, -0.15) is 0 Å². The molecule has 1 aliphatic rings. The van der Waals surface area contributed by atoms with Crippen molar-refractivity contribution in [2.24, 2.45) is 0 Å². The van der Waals surface area contributed by atoms with Crippen LogP contribution in [0.1, 0.15) is 12.5 Å². The third kappa shape index (κ3) is 6.11. The molecule has 0 bridgehead atoms. The predicted octanol–water partition coefficient (Wildman–Crippen LogP) is 5.54. The van der Waals surface area contributed by atoms with Crippen molar-refractivity contribution in [1.82, 2.24) is 4.90 Å². The lowest BCUT2D eigenvalue weighted by Gasteiger charge is -2.15. The van der Waals surface area contributed by atoms with Gasteiger partial charge in [-0.25, -0.2) is 0 Å². The third-order valence-electron chi connectivity index (χ3n) is 4.49. The molecule has 1 saturated heterocycles. The van der Waals surface area contributed by atoms with E-state index in [-0.39, 0.29) is 24.3 Å². The van der Waals surface area contributed by atoms with Crippen LogP contribution < -0.4 is 18.9 Å².